The predicted molar refractivity (Wildman–Crippen MR) is 115 cm³/mol. The van der Waals surface area contributed by atoms with E-state index in [0.29, 0.717) is 25.2 Å². The van der Waals surface area contributed by atoms with E-state index < -0.39 is 29.8 Å². The van der Waals surface area contributed by atoms with E-state index >= 15 is 0 Å². The van der Waals surface area contributed by atoms with Crippen molar-refractivity contribution < 1.29 is 22.4 Å². The lowest BCUT2D eigenvalue weighted by Gasteiger charge is -2.18. The summed E-state index contributed by atoms with van der Waals surface area (Å²) >= 11 is 0. The quantitative estimate of drug-likeness (QED) is 0.380. The molecule has 0 aliphatic heterocycles. The van der Waals surface area contributed by atoms with Gasteiger partial charge < -0.3 is 9.47 Å². The predicted octanol–water partition coefficient (Wildman–Crippen LogP) is 4.27. The summed E-state index contributed by atoms with van der Waals surface area (Å²) < 4.78 is 52.3. The first-order valence-corrected chi connectivity index (χ1v) is 10.5. The molecule has 0 radical (unpaired) electrons. The summed E-state index contributed by atoms with van der Waals surface area (Å²) in [5, 5.41) is 7.20. The lowest BCUT2D eigenvalue weighted by Crippen LogP contribution is -2.34. The summed E-state index contributed by atoms with van der Waals surface area (Å²) in [5.41, 5.74) is 0.866. The number of H-pyrrole nitrogens is 1. The van der Waals surface area contributed by atoms with Crippen molar-refractivity contribution in [3.63, 3.8) is 0 Å². The summed E-state index contributed by atoms with van der Waals surface area (Å²) in [7, 11) is 1.56. The number of nitrogens with zero attached hydrogens (tertiary/aromatic N) is 3. The molecule has 0 unspecified atom stereocenters. The normalized spacial score (nSPS) is 11.5. The van der Waals surface area contributed by atoms with Crippen LogP contribution in [0.15, 0.2) is 53.5 Å². The Morgan fingerprint density at radius 1 is 1.09 bits per heavy atom. The van der Waals surface area contributed by atoms with Gasteiger partial charge in [-0.25, -0.2) is 4.39 Å². The number of benzene rings is 1. The molecule has 3 aromatic rings. The average molecular weight is 464 g/mol. The number of likely N-dealkylation sites (N-methyl/N-ethyl adjacent to an activating group) is 1. The molecule has 6 nitrogen and oxygen atoms in total. The van der Waals surface area contributed by atoms with E-state index in [0.717, 1.165) is 46.8 Å². The van der Waals surface area contributed by atoms with Crippen LogP contribution in [0.4, 0.5) is 17.6 Å². The fourth-order valence-corrected chi connectivity index (χ4v) is 3.31. The van der Waals surface area contributed by atoms with Crippen LogP contribution in [0.25, 0.3) is 11.3 Å². The number of aromatic amines is 1. The lowest BCUT2D eigenvalue weighted by molar-refractivity contribution is -0.138. The number of halogens is 4. The van der Waals surface area contributed by atoms with Crippen molar-refractivity contribution in [3.05, 3.63) is 76.1 Å². The summed E-state index contributed by atoms with van der Waals surface area (Å²) in [4.78, 5) is 25.5. The summed E-state index contributed by atoms with van der Waals surface area (Å²) in [6.45, 7) is -0.0179. The zero-order valence-electron chi connectivity index (χ0n) is 18.0. The molecule has 2 aromatic heterocycles. The van der Waals surface area contributed by atoms with Gasteiger partial charge in [-0.05, 0) is 55.7 Å². The SMILES string of the molecule is CN(CCCCCc1cc(-c2ccc(F)cc2)n[nH]1)C(=O)Cn1cc(C(F)(F)F)ccc1=O. The fraction of sp³-hybridized carbons (Fsp3) is 0.348. The van der Waals surface area contributed by atoms with E-state index in [4.69, 9.17) is 0 Å². The fourth-order valence-electron chi connectivity index (χ4n) is 3.31. The number of aryl methyl sites for hydroxylation is 1. The van der Waals surface area contributed by atoms with Gasteiger partial charge >= 0.3 is 6.18 Å². The monoisotopic (exact) mass is 464 g/mol. The summed E-state index contributed by atoms with van der Waals surface area (Å²) in [5.74, 6) is -0.742. The summed E-state index contributed by atoms with van der Waals surface area (Å²) in [6, 6.07) is 9.51. The molecular formula is C23H24F4N4O2. The second-order valence-corrected chi connectivity index (χ2v) is 7.79. The molecule has 0 fully saturated rings. The minimum Gasteiger partial charge on any atom is -0.344 e. The molecule has 33 heavy (non-hydrogen) atoms. The molecule has 2 heterocycles. The Morgan fingerprint density at radius 2 is 1.82 bits per heavy atom. The third-order valence-electron chi connectivity index (χ3n) is 5.25. The van der Waals surface area contributed by atoms with Gasteiger partial charge in [0, 0.05) is 37.1 Å². The average Bonchev–Trinajstić information content (AvgIpc) is 3.23. The third-order valence-corrected chi connectivity index (χ3v) is 5.25. The Labute approximate surface area is 187 Å². The Balaban J connectivity index is 1.42. The van der Waals surface area contributed by atoms with Gasteiger partial charge in [0.05, 0.1) is 11.3 Å². The van der Waals surface area contributed by atoms with Crippen molar-refractivity contribution in [2.45, 2.75) is 38.4 Å². The van der Waals surface area contributed by atoms with Gasteiger partial charge in [-0.2, -0.15) is 18.3 Å². The zero-order chi connectivity index (χ0) is 24.0. The molecule has 10 heteroatoms. The number of nitrogens with one attached hydrogen (secondary N) is 1. The van der Waals surface area contributed by atoms with Crippen LogP contribution in [-0.2, 0) is 23.9 Å². The third kappa shape index (κ3) is 6.77. The van der Waals surface area contributed by atoms with Crippen LogP contribution in [0.3, 0.4) is 0 Å². The van der Waals surface area contributed by atoms with Crippen LogP contribution in [0.1, 0.15) is 30.5 Å². The van der Waals surface area contributed by atoms with Gasteiger partial charge in [0.25, 0.3) is 5.56 Å². The van der Waals surface area contributed by atoms with E-state index in [1.165, 1.54) is 17.0 Å². The molecule has 1 aromatic carbocycles. The number of pyridine rings is 1. The first-order valence-electron chi connectivity index (χ1n) is 10.5. The smallest absolute Gasteiger partial charge is 0.344 e. The van der Waals surface area contributed by atoms with Crippen LogP contribution in [0.2, 0.25) is 0 Å². The van der Waals surface area contributed by atoms with Gasteiger partial charge in [-0.3, -0.25) is 14.7 Å². The van der Waals surface area contributed by atoms with E-state index in [2.05, 4.69) is 10.2 Å². The highest BCUT2D eigenvalue weighted by Crippen LogP contribution is 2.28. The molecule has 0 spiro atoms. The van der Waals surface area contributed by atoms with Crippen molar-refractivity contribution in [3.8, 4) is 11.3 Å². The van der Waals surface area contributed by atoms with Crippen molar-refractivity contribution in [2.24, 2.45) is 0 Å². The number of hydrogen-bond acceptors (Lipinski definition) is 3. The molecular weight excluding hydrogens is 440 g/mol. The standard InChI is InChI=1S/C23H24F4N4O2/c1-30(22(33)15-31-14-17(23(25,26)27)8-11-21(31)32)12-4-2-3-5-19-13-20(29-28-19)16-6-9-18(24)10-7-16/h6-11,13-14H,2-5,12,15H2,1H3,(H,28,29). The maximum atomic E-state index is 13.0. The molecule has 0 saturated heterocycles. The van der Waals surface area contributed by atoms with Crippen LogP contribution >= 0.6 is 0 Å². The second-order valence-electron chi connectivity index (χ2n) is 7.79. The van der Waals surface area contributed by atoms with Crippen LogP contribution in [0.5, 0.6) is 0 Å². The number of amides is 1. The number of alkyl halides is 3. The molecule has 1 N–H and O–H groups in total. The molecule has 1 amide bonds. The Bertz CT molecular complexity index is 1140. The molecule has 0 saturated carbocycles. The number of carbonyl (C=O) groups is 1. The molecule has 0 atom stereocenters. The van der Waals surface area contributed by atoms with E-state index in [1.807, 2.05) is 6.07 Å². The molecule has 3 rings (SSSR count). The van der Waals surface area contributed by atoms with E-state index in [-0.39, 0.29) is 5.82 Å². The van der Waals surface area contributed by atoms with Crippen LogP contribution in [-0.4, -0.2) is 39.2 Å². The maximum absolute atomic E-state index is 13.0. The van der Waals surface area contributed by atoms with E-state index in [9.17, 15) is 27.2 Å². The Hall–Kier alpha value is -3.43. The second kappa shape index (κ2) is 10.5. The number of rotatable bonds is 9. The first-order chi connectivity index (χ1) is 15.6. The van der Waals surface area contributed by atoms with Crippen molar-refractivity contribution in [1.29, 1.82) is 0 Å². The van der Waals surface area contributed by atoms with Gasteiger partial charge in [0.15, 0.2) is 0 Å². The van der Waals surface area contributed by atoms with Gasteiger partial charge in [0.1, 0.15) is 12.4 Å². The highest BCUT2D eigenvalue weighted by Gasteiger charge is 2.31. The largest absolute Gasteiger partial charge is 0.417 e. The molecule has 0 aliphatic rings. The van der Waals surface area contributed by atoms with Gasteiger partial charge in [-0.1, -0.05) is 6.42 Å². The number of carbonyl (C=O) groups excluding carboxylic acids is 1. The number of unbranched alkanes of at least 4 members (excludes halogenated alkanes) is 2. The van der Waals surface area contributed by atoms with Crippen LogP contribution < -0.4 is 5.56 Å². The lowest BCUT2D eigenvalue weighted by atomic mass is 10.1. The van der Waals surface area contributed by atoms with E-state index in [1.54, 1.807) is 19.2 Å². The maximum Gasteiger partial charge on any atom is 0.417 e. The highest BCUT2D eigenvalue weighted by atomic mass is 19.4. The molecule has 176 valence electrons. The highest BCUT2D eigenvalue weighted by molar-refractivity contribution is 5.75. The molecule has 0 bridgehead atoms. The Kier molecular flexibility index (Phi) is 7.67. The number of aromatic nitrogens is 3. The topological polar surface area (TPSA) is 71.0 Å². The van der Waals surface area contributed by atoms with Crippen LogP contribution in [0, 0.1) is 5.82 Å². The van der Waals surface area contributed by atoms with Crippen molar-refractivity contribution >= 4 is 5.91 Å². The van der Waals surface area contributed by atoms with Gasteiger partial charge in [0.2, 0.25) is 5.91 Å². The first kappa shape index (κ1) is 24.2. The Morgan fingerprint density at radius 3 is 2.52 bits per heavy atom. The molecule has 0 aliphatic carbocycles. The number of hydrogen-bond donors (Lipinski definition) is 1. The van der Waals surface area contributed by atoms with Gasteiger partial charge in [-0.15, -0.1) is 0 Å². The minimum atomic E-state index is -4.58. The zero-order valence-corrected chi connectivity index (χ0v) is 18.0. The van der Waals surface area contributed by atoms with Crippen molar-refractivity contribution in [2.75, 3.05) is 13.6 Å². The van der Waals surface area contributed by atoms with Crippen molar-refractivity contribution in [1.82, 2.24) is 19.7 Å². The summed E-state index contributed by atoms with van der Waals surface area (Å²) in [6.07, 6.45) is -0.784. The minimum absolute atomic E-state index is 0.306.